The number of allylic oxidation sites excluding steroid dienone is 1. The van der Waals surface area contributed by atoms with Crippen LogP contribution in [0.4, 0.5) is 15.8 Å². The molecule has 0 saturated heterocycles. The van der Waals surface area contributed by atoms with Gasteiger partial charge in [0.2, 0.25) is 11.7 Å². The third-order valence-corrected chi connectivity index (χ3v) is 5.12. The second-order valence-electron chi connectivity index (χ2n) is 7.21. The minimum Gasteiger partial charge on any atom is -0.493 e. The molecule has 1 aromatic heterocycles. The molecule has 162 valence electrons. The maximum Gasteiger partial charge on any atom is 0.306 e. The number of ether oxygens (including phenoxy) is 1. The van der Waals surface area contributed by atoms with E-state index in [1.54, 1.807) is 6.92 Å². The SMILES string of the molecule is CCOc1c(/C(C)=C/C(=O)Nc2ccc(F)c([N+](=O)[O-])c2)cc2c(C)c(C)oc2c1C. The van der Waals surface area contributed by atoms with Crippen LogP contribution in [-0.2, 0) is 4.79 Å². The lowest BCUT2D eigenvalue weighted by Gasteiger charge is -2.14. The molecule has 0 fully saturated rings. The number of nitrogens with one attached hydrogen (secondary N) is 1. The number of nitro groups is 1. The lowest BCUT2D eigenvalue weighted by Crippen LogP contribution is -2.09. The number of furan rings is 1. The summed E-state index contributed by atoms with van der Waals surface area (Å²) in [7, 11) is 0. The molecule has 0 aliphatic rings. The summed E-state index contributed by atoms with van der Waals surface area (Å²) < 4.78 is 25.3. The Bertz CT molecular complexity index is 1230. The monoisotopic (exact) mass is 426 g/mol. The average molecular weight is 426 g/mol. The van der Waals surface area contributed by atoms with Crippen molar-refractivity contribution in [3.63, 3.8) is 0 Å². The molecule has 31 heavy (non-hydrogen) atoms. The second kappa shape index (κ2) is 8.59. The number of rotatable bonds is 6. The van der Waals surface area contributed by atoms with Crippen LogP contribution in [0.5, 0.6) is 5.75 Å². The molecule has 0 radical (unpaired) electrons. The average Bonchev–Trinajstić information content (AvgIpc) is 2.99. The Morgan fingerprint density at radius 2 is 1.97 bits per heavy atom. The molecule has 0 aliphatic carbocycles. The molecule has 0 unspecified atom stereocenters. The summed E-state index contributed by atoms with van der Waals surface area (Å²) in [5.74, 6) is -0.0259. The van der Waals surface area contributed by atoms with E-state index in [9.17, 15) is 19.3 Å². The number of nitro benzene ring substituents is 1. The summed E-state index contributed by atoms with van der Waals surface area (Å²) in [5.41, 5.74) is 3.41. The van der Waals surface area contributed by atoms with Crippen molar-refractivity contribution >= 4 is 33.8 Å². The topological polar surface area (TPSA) is 94.6 Å². The smallest absolute Gasteiger partial charge is 0.306 e. The van der Waals surface area contributed by atoms with Gasteiger partial charge in [-0.3, -0.25) is 14.9 Å². The number of anilines is 1. The Morgan fingerprint density at radius 3 is 2.61 bits per heavy atom. The number of halogens is 1. The molecule has 0 spiro atoms. The van der Waals surface area contributed by atoms with Crippen molar-refractivity contribution in [2.75, 3.05) is 11.9 Å². The molecule has 0 aliphatic heterocycles. The van der Waals surface area contributed by atoms with E-state index >= 15 is 0 Å². The van der Waals surface area contributed by atoms with Gasteiger partial charge < -0.3 is 14.5 Å². The summed E-state index contributed by atoms with van der Waals surface area (Å²) in [6.45, 7) is 9.86. The first-order valence-electron chi connectivity index (χ1n) is 9.73. The van der Waals surface area contributed by atoms with E-state index in [-0.39, 0.29) is 5.69 Å². The van der Waals surface area contributed by atoms with Gasteiger partial charge in [-0.15, -0.1) is 0 Å². The van der Waals surface area contributed by atoms with Gasteiger partial charge in [-0.05, 0) is 64.0 Å². The van der Waals surface area contributed by atoms with E-state index < -0.39 is 22.3 Å². The summed E-state index contributed by atoms with van der Waals surface area (Å²) in [6, 6.07) is 5.12. The normalized spacial score (nSPS) is 11.6. The van der Waals surface area contributed by atoms with Gasteiger partial charge in [0.1, 0.15) is 17.1 Å². The molecule has 0 atom stereocenters. The van der Waals surface area contributed by atoms with E-state index in [4.69, 9.17) is 9.15 Å². The fraction of sp³-hybridized carbons (Fsp3) is 0.261. The molecule has 1 amide bonds. The molecule has 7 nitrogen and oxygen atoms in total. The Hall–Kier alpha value is -3.68. The van der Waals surface area contributed by atoms with Crippen molar-refractivity contribution in [2.45, 2.75) is 34.6 Å². The molecular weight excluding hydrogens is 403 g/mol. The third-order valence-electron chi connectivity index (χ3n) is 5.12. The maximum atomic E-state index is 13.5. The van der Waals surface area contributed by atoms with Crippen molar-refractivity contribution in [2.24, 2.45) is 0 Å². The second-order valence-corrected chi connectivity index (χ2v) is 7.21. The summed E-state index contributed by atoms with van der Waals surface area (Å²) in [5, 5.41) is 14.4. The van der Waals surface area contributed by atoms with Gasteiger partial charge >= 0.3 is 5.69 Å². The highest BCUT2D eigenvalue weighted by Crippen LogP contribution is 2.39. The molecule has 8 heteroatoms. The number of fused-ring (bicyclic) bond motifs is 1. The van der Waals surface area contributed by atoms with Crippen LogP contribution in [0.2, 0.25) is 0 Å². The minimum atomic E-state index is -0.967. The highest BCUT2D eigenvalue weighted by Gasteiger charge is 2.19. The zero-order valence-electron chi connectivity index (χ0n) is 18.0. The predicted octanol–water partition coefficient (Wildman–Crippen LogP) is 5.85. The van der Waals surface area contributed by atoms with Crippen LogP contribution < -0.4 is 10.1 Å². The number of hydrogen-bond donors (Lipinski definition) is 1. The Labute approximate surface area is 178 Å². The van der Waals surface area contributed by atoms with Gasteiger partial charge in [-0.1, -0.05) is 0 Å². The number of amides is 1. The van der Waals surface area contributed by atoms with E-state index in [1.165, 1.54) is 12.1 Å². The molecule has 3 rings (SSSR count). The summed E-state index contributed by atoms with van der Waals surface area (Å²) in [6.07, 6.45) is 1.38. The third kappa shape index (κ3) is 4.28. The lowest BCUT2D eigenvalue weighted by molar-refractivity contribution is -0.387. The van der Waals surface area contributed by atoms with Crippen molar-refractivity contribution in [1.29, 1.82) is 0 Å². The zero-order valence-corrected chi connectivity index (χ0v) is 18.0. The highest BCUT2D eigenvalue weighted by molar-refractivity contribution is 6.05. The number of carbonyl (C=O) groups is 1. The first-order valence-corrected chi connectivity index (χ1v) is 9.73. The molecule has 3 aromatic rings. The van der Waals surface area contributed by atoms with Crippen LogP contribution >= 0.6 is 0 Å². The van der Waals surface area contributed by atoms with Gasteiger partial charge in [0, 0.05) is 34.3 Å². The first-order chi connectivity index (χ1) is 14.6. The van der Waals surface area contributed by atoms with Crippen molar-refractivity contribution in [3.05, 3.63) is 68.7 Å². The van der Waals surface area contributed by atoms with Crippen LogP contribution in [-0.4, -0.2) is 17.4 Å². The van der Waals surface area contributed by atoms with Crippen molar-refractivity contribution in [1.82, 2.24) is 0 Å². The van der Waals surface area contributed by atoms with Gasteiger partial charge in [0.05, 0.1) is 11.5 Å². The van der Waals surface area contributed by atoms with E-state index in [0.29, 0.717) is 17.9 Å². The first kappa shape index (κ1) is 22.0. The standard InChI is InChI=1S/C23H23FN2O5/c1-6-30-22-14(4)23-18(13(3)15(5)31-23)11-17(22)12(2)9-21(27)25-16-7-8-19(24)20(10-16)26(28)29/h7-11H,6H2,1-5H3,(H,25,27)/b12-9+. The molecule has 1 heterocycles. The fourth-order valence-corrected chi connectivity index (χ4v) is 3.42. The van der Waals surface area contributed by atoms with Gasteiger partial charge in [-0.2, -0.15) is 4.39 Å². The molecule has 1 N–H and O–H groups in total. The van der Waals surface area contributed by atoms with Gasteiger partial charge in [0.15, 0.2) is 0 Å². The number of hydrogen-bond acceptors (Lipinski definition) is 5. The van der Waals surface area contributed by atoms with Crippen LogP contribution in [0.25, 0.3) is 16.5 Å². The zero-order chi connectivity index (χ0) is 22.9. The van der Waals surface area contributed by atoms with Gasteiger partial charge in [0.25, 0.3) is 0 Å². The van der Waals surface area contributed by atoms with E-state index in [0.717, 1.165) is 45.6 Å². The quantitative estimate of drug-likeness (QED) is 0.303. The lowest BCUT2D eigenvalue weighted by atomic mass is 9.98. The summed E-state index contributed by atoms with van der Waals surface area (Å²) in [4.78, 5) is 22.6. The molecule has 0 saturated carbocycles. The van der Waals surface area contributed by atoms with Crippen molar-refractivity contribution in [3.8, 4) is 5.75 Å². The van der Waals surface area contributed by atoms with Gasteiger partial charge in [-0.25, -0.2) is 0 Å². The highest BCUT2D eigenvalue weighted by atomic mass is 19.1. The number of benzene rings is 2. The van der Waals surface area contributed by atoms with E-state index in [2.05, 4.69) is 5.32 Å². The fourth-order valence-electron chi connectivity index (χ4n) is 3.42. The molecular formula is C23H23FN2O5. The van der Waals surface area contributed by atoms with Crippen LogP contribution in [0.1, 0.15) is 36.3 Å². The van der Waals surface area contributed by atoms with Crippen LogP contribution in [0.15, 0.2) is 34.8 Å². The number of aryl methyl sites for hydroxylation is 3. The predicted molar refractivity (Wildman–Crippen MR) is 117 cm³/mol. The minimum absolute atomic E-state index is 0.125. The number of nitrogens with zero attached hydrogens (tertiary/aromatic N) is 1. The number of carbonyl (C=O) groups excluding carboxylic acids is 1. The molecule has 0 bridgehead atoms. The summed E-state index contributed by atoms with van der Waals surface area (Å²) >= 11 is 0. The largest absolute Gasteiger partial charge is 0.493 e. The van der Waals surface area contributed by atoms with Crippen LogP contribution in [0, 0.1) is 36.7 Å². The Balaban J connectivity index is 1.99. The Morgan fingerprint density at radius 1 is 1.26 bits per heavy atom. The molecule has 2 aromatic carbocycles. The van der Waals surface area contributed by atoms with Crippen LogP contribution in [0.3, 0.4) is 0 Å². The van der Waals surface area contributed by atoms with E-state index in [1.807, 2.05) is 33.8 Å². The Kier molecular flexibility index (Phi) is 6.10. The maximum absolute atomic E-state index is 13.5. The van der Waals surface area contributed by atoms with Crippen molar-refractivity contribution < 1.29 is 23.3 Å².